The first-order chi connectivity index (χ1) is 12.6. The van der Waals surface area contributed by atoms with Crippen LogP contribution in [0.25, 0.3) is 10.9 Å². The Morgan fingerprint density at radius 2 is 1.81 bits per heavy atom. The van der Waals surface area contributed by atoms with Gasteiger partial charge in [-0.05, 0) is 36.2 Å². The van der Waals surface area contributed by atoms with Gasteiger partial charge in [-0.2, -0.15) is 0 Å². The molecule has 0 unspecified atom stereocenters. The average molecular weight is 348 g/mol. The number of para-hydroxylation sites is 1. The predicted molar refractivity (Wildman–Crippen MR) is 101 cm³/mol. The summed E-state index contributed by atoms with van der Waals surface area (Å²) in [6.07, 6.45) is 5.65. The quantitative estimate of drug-likeness (QED) is 0.695. The molecule has 0 aliphatic carbocycles. The molecule has 6 heteroatoms. The molecule has 3 rings (SSSR count). The number of hydrogen-bond acceptors (Lipinski definition) is 4. The van der Waals surface area contributed by atoms with Crippen molar-refractivity contribution in [3.8, 4) is 0 Å². The van der Waals surface area contributed by atoms with Crippen LogP contribution in [0.3, 0.4) is 0 Å². The molecule has 2 amide bonds. The number of carbonyl (C=O) groups excluding carboxylic acids is 2. The van der Waals surface area contributed by atoms with E-state index in [1.54, 1.807) is 36.6 Å². The Hall–Kier alpha value is -3.28. The zero-order valence-corrected chi connectivity index (χ0v) is 14.6. The van der Waals surface area contributed by atoms with Crippen molar-refractivity contribution in [2.45, 2.75) is 12.8 Å². The number of nitrogens with zero attached hydrogens (tertiary/aromatic N) is 3. The lowest BCUT2D eigenvalue weighted by Crippen LogP contribution is -2.32. The molecule has 0 radical (unpaired) electrons. The molecule has 3 aromatic rings. The molecule has 132 valence electrons. The minimum absolute atomic E-state index is 0.198. The van der Waals surface area contributed by atoms with E-state index in [0.717, 1.165) is 17.4 Å². The van der Waals surface area contributed by atoms with Crippen molar-refractivity contribution >= 4 is 28.4 Å². The second-order valence-electron chi connectivity index (χ2n) is 6.03. The van der Waals surface area contributed by atoms with Gasteiger partial charge in [0.05, 0.1) is 11.2 Å². The van der Waals surface area contributed by atoms with E-state index in [9.17, 15) is 9.59 Å². The SMILES string of the molecule is CN(CCc1ccncc1)C(=O)CC(=O)Nc1cccc2cccnc12. The van der Waals surface area contributed by atoms with Gasteiger partial charge in [0.1, 0.15) is 6.42 Å². The number of amides is 2. The second-order valence-corrected chi connectivity index (χ2v) is 6.03. The largest absolute Gasteiger partial charge is 0.345 e. The molecule has 0 aliphatic rings. The van der Waals surface area contributed by atoms with Crippen molar-refractivity contribution in [3.05, 3.63) is 66.6 Å². The summed E-state index contributed by atoms with van der Waals surface area (Å²) in [6.45, 7) is 0.548. The van der Waals surface area contributed by atoms with E-state index in [1.165, 1.54) is 0 Å². The summed E-state index contributed by atoms with van der Waals surface area (Å²) in [5, 5.41) is 3.72. The number of nitrogens with one attached hydrogen (secondary N) is 1. The predicted octanol–water partition coefficient (Wildman–Crippen LogP) is 2.66. The van der Waals surface area contributed by atoms with Gasteiger partial charge in [0.25, 0.3) is 0 Å². The van der Waals surface area contributed by atoms with E-state index in [2.05, 4.69) is 15.3 Å². The molecule has 2 heterocycles. The maximum absolute atomic E-state index is 12.3. The third kappa shape index (κ3) is 4.42. The highest BCUT2D eigenvalue weighted by Gasteiger charge is 2.15. The van der Waals surface area contributed by atoms with Crippen LogP contribution in [0, 0.1) is 0 Å². The van der Waals surface area contributed by atoms with E-state index in [4.69, 9.17) is 0 Å². The Bertz CT molecular complexity index is 907. The molecule has 0 bridgehead atoms. The first-order valence-corrected chi connectivity index (χ1v) is 8.40. The van der Waals surface area contributed by atoms with Crippen molar-refractivity contribution < 1.29 is 9.59 Å². The number of anilines is 1. The lowest BCUT2D eigenvalue weighted by atomic mass is 10.2. The number of carbonyl (C=O) groups is 2. The standard InChI is InChI=1S/C20H20N4O2/c1-24(13-9-15-7-11-21-12-8-15)19(26)14-18(25)23-17-6-2-4-16-5-3-10-22-20(16)17/h2-8,10-12H,9,13-14H2,1H3,(H,23,25). The van der Waals surface area contributed by atoms with Crippen molar-refractivity contribution in [1.29, 1.82) is 0 Å². The third-order valence-corrected chi connectivity index (χ3v) is 4.13. The van der Waals surface area contributed by atoms with Gasteiger partial charge in [-0.25, -0.2) is 0 Å². The normalized spacial score (nSPS) is 10.5. The van der Waals surface area contributed by atoms with Gasteiger partial charge >= 0.3 is 0 Å². The molecule has 0 spiro atoms. The highest BCUT2D eigenvalue weighted by Crippen LogP contribution is 2.20. The maximum atomic E-state index is 12.3. The fraction of sp³-hybridized carbons (Fsp3) is 0.200. The van der Waals surface area contributed by atoms with Crippen LogP contribution >= 0.6 is 0 Å². The van der Waals surface area contributed by atoms with E-state index in [0.29, 0.717) is 17.7 Å². The summed E-state index contributed by atoms with van der Waals surface area (Å²) in [5.41, 5.74) is 2.42. The van der Waals surface area contributed by atoms with Crippen LogP contribution in [-0.2, 0) is 16.0 Å². The van der Waals surface area contributed by atoms with Crippen molar-refractivity contribution in [2.24, 2.45) is 0 Å². The van der Waals surface area contributed by atoms with Gasteiger partial charge < -0.3 is 10.2 Å². The summed E-state index contributed by atoms with van der Waals surface area (Å²) in [5.74, 6) is -0.561. The molecule has 6 nitrogen and oxygen atoms in total. The smallest absolute Gasteiger partial charge is 0.233 e. The summed E-state index contributed by atoms with van der Waals surface area (Å²) in [7, 11) is 1.70. The lowest BCUT2D eigenvalue weighted by molar-refractivity contribution is -0.133. The Kier molecular flexibility index (Phi) is 5.53. The highest BCUT2D eigenvalue weighted by molar-refractivity contribution is 6.06. The Balaban J connectivity index is 1.56. The first-order valence-electron chi connectivity index (χ1n) is 8.40. The zero-order valence-electron chi connectivity index (χ0n) is 14.6. The van der Waals surface area contributed by atoms with Gasteiger partial charge in [-0.15, -0.1) is 0 Å². The molecule has 0 fully saturated rings. The molecule has 2 aromatic heterocycles. The Morgan fingerprint density at radius 1 is 1.04 bits per heavy atom. The van der Waals surface area contributed by atoms with Crippen molar-refractivity contribution in [3.63, 3.8) is 0 Å². The summed E-state index contributed by atoms with van der Waals surface area (Å²) in [4.78, 5) is 34.4. The first kappa shape index (κ1) is 17.5. The Labute approximate surface area is 151 Å². The van der Waals surface area contributed by atoms with Crippen LogP contribution in [0.15, 0.2) is 61.1 Å². The molecular weight excluding hydrogens is 328 g/mol. The number of pyridine rings is 2. The number of likely N-dealkylation sites (N-methyl/N-ethyl adjacent to an activating group) is 1. The van der Waals surface area contributed by atoms with Crippen molar-refractivity contribution in [2.75, 3.05) is 18.9 Å². The molecule has 0 aliphatic heterocycles. The van der Waals surface area contributed by atoms with E-state index < -0.39 is 0 Å². The van der Waals surface area contributed by atoms with Gasteiger partial charge in [0.15, 0.2) is 0 Å². The number of aromatic nitrogens is 2. The molecule has 0 saturated carbocycles. The molecule has 1 aromatic carbocycles. The molecule has 26 heavy (non-hydrogen) atoms. The second kappa shape index (κ2) is 8.20. The lowest BCUT2D eigenvalue weighted by Gasteiger charge is -2.17. The zero-order chi connectivity index (χ0) is 18.4. The minimum atomic E-state index is -0.344. The fourth-order valence-corrected chi connectivity index (χ4v) is 2.64. The molecule has 0 atom stereocenters. The van der Waals surface area contributed by atoms with Gasteiger partial charge in [-0.3, -0.25) is 19.6 Å². The van der Waals surface area contributed by atoms with Crippen LogP contribution in [0.5, 0.6) is 0 Å². The monoisotopic (exact) mass is 348 g/mol. The van der Waals surface area contributed by atoms with Gasteiger partial charge in [-0.1, -0.05) is 18.2 Å². The topological polar surface area (TPSA) is 75.2 Å². The van der Waals surface area contributed by atoms with Gasteiger partial charge in [0, 0.05) is 37.6 Å². The number of rotatable bonds is 6. The molecule has 1 N–H and O–H groups in total. The average Bonchev–Trinajstić information content (AvgIpc) is 2.67. The fourth-order valence-electron chi connectivity index (χ4n) is 2.64. The van der Waals surface area contributed by atoms with E-state index in [1.807, 2.05) is 36.4 Å². The van der Waals surface area contributed by atoms with Crippen LogP contribution < -0.4 is 5.32 Å². The van der Waals surface area contributed by atoms with Crippen molar-refractivity contribution in [1.82, 2.24) is 14.9 Å². The van der Waals surface area contributed by atoms with Crippen LogP contribution in [0.2, 0.25) is 0 Å². The number of hydrogen-bond donors (Lipinski definition) is 1. The van der Waals surface area contributed by atoms with E-state index in [-0.39, 0.29) is 18.2 Å². The minimum Gasteiger partial charge on any atom is -0.345 e. The van der Waals surface area contributed by atoms with Gasteiger partial charge in [0.2, 0.25) is 11.8 Å². The molecular formula is C20H20N4O2. The molecule has 0 saturated heterocycles. The summed E-state index contributed by atoms with van der Waals surface area (Å²) in [6, 6.07) is 13.2. The van der Waals surface area contributed by atoms with Crippen LogP contribution in [0.4, 0.5) is 5.69 Å². The third-order valence-electron chi connectivity index (χ3n) is 4.13. The number of benzene rings is 1. The van der Waals surface area contributed by atoms with Crippen LogP contribution in [0.1, 0.15) is 12.0 Å². The van der Waals surface area contributed by atoms with E-state index >= 15 is 0 Å². The number of fused-ring (bicyclic) bond motifs is 1. The highest BCUT2D eigenvalue weighted by atomic mass is 16.2. The summed E-state index contributed by atoms with van der Waals surface area (Å²) < 4.78 is 0. The Morgan fingerprint density at radius 3 is 2.62 bits per heavy atom. The maximum Gasteiger partial charge on any atom is 0.233 e. The van der Waals surface area contributed by atoms with Crippen LogP contribution in [-0.4, -0.2) is 40.3 Å². The summed E-state index contributed by atoms with van der Waals surface area (Å²) >= 11 is 0.